The molecule has 2 aromatic carbocycles. The molecule has 4 heteroatoms. The molecule has 4 nitrogen and oxygen atoms in total. The number of amides is 2. The number of hydrogen-bond acceptors (Lipinski definition) is 2. The molecule has 2 aromatic rings. The minimum atomic E-state index is -0.00881. The monoisotopic (exact) mass is 365 g/mol. The number of aryl methyl sites for hydroxylation is 1. The summed E-state index contributed by atoms with van der Waals surface area (Å²) in [5.41, 5.74) is 3.55. The zero-order chi connectivity index (χ0) is 19.2. The van der Waals surface area contributed by atoms with Crippen LogP contribution in [0, 0.1) is 6.92 Å². The van der Waals surface area contributed by atoms with E-state index in [1.165, 1.54) is 11.1 Å². The molecule has 1 N–H and O–H groups in total. The number of likely N-dealkylation sites (tertiary alicyclic amines) is 1. The van der Waals surface area contributed by atoms with Gasteiger partial charge in [-0.3, -0.25) is 0 Å². The first kappa shape index (κ1) is 19.4. The van der Waals surface area contributed by atoms with E-state index < -0.39 is 0 Å². The van der Waals surface area contributed by atoms with E-state index in [1.807, 2.05) is 30.0 Å². The molecule has 3 rings (SSSR count). The Morgan fingerprint density at radius 2 is 1.74 bits per heavy atom. The Hall–Kier alpha value is -2.33. The number of nitrogens with one attached hydrogen (secondary N) is 1. The van der Waals surface area contributed by atoms with Crippen molar-refractivity contribution in [1.29, 1.82) is 0 Å². The number of benzene rings is 2. The third kappa shape index (κ3) is 5.33. The molecule has 0 bridgehead atoms. The van der Waals surface area contributed by atoms with E-state index >= 15 is 0 Å². The topological polar surface area (TPSA) is 35.6 Å². The molecule has 0 aliphatic carbocycles. The molecule has 144 valence electrons. The summed E-state index contributed by atoms with van der Waals surface area (Å²) < 4.78 is 0. The molecule has 27 heavy (non-hydrogen) atoms. The van der Waals surface area contributed by atoms with Gasteiger partial charge < -0.3 is 15.1 Å². The molecule has 0 spiro atoms. The molecule has 1 aliphatic rings. The van der Waals surface area contributed by atoms with Gasteiger partial charge in [0.15, 0.2) is 0 Å². The predicted molar refractivity (Wildman–Crippen MR) is 111 cm³/mol. The van der Waals surface area contributed by atoms with Crippen molar-refractivity contribution in [3.63, 3.8) is 0 Å². The van der Waals surface area contributed by atoms with E-state index in [-0.39, 0.29) is 18.1 Å². The van der Waals surface area contributed by atoms with E-state index in [2.05, 4.69) is 60.6 Å². The SMILES string of the molecule is Cc1ccc(CN(C(=O)NC(C)c2ccccc2)C2CCN(C)CC2)cc1. The molecular formula is C23H31N3O. The molecule has 1 saturated heterocycles. The number of piperidine rings is 1. The number of hydrogen-bond donors (Lipinski definition) is 1. The zero-order valence-electron chi connectivity index (χ0n) is 16.7. The lowest BCUT2D eigenvalue weighted by Crippen LogP contribution is -2.50. The highest BCUT2D eigenvalue weighted by Crippen LogP contribution is 2.20. The van der Waals surface area contributed by atoms with Crippen molar-refractivity contribution >= 4 is 6.03 Å². The molecular weight excluding hydrogens is 334 g/mol. The van der Waals surface area contributed by atoms with E-state index in [0.29, 0.717) is 6.54 Å². The molecule has 1 heterocycles. The number of nitrogens with zero attached hydrogens (tertiary/aromatic N) is 2. The highest BCUT2D eigenvalue weighted by molar-refractivity contribution is 5.75. The van der Waals surface area contributed by atoms with Crippen molar-refractivity contribution in [3.05, 3.63) is 71.3 Å². The van der Waals surface area contributed by atoms with Gasteiger partial charge in [-0.05, 0) is 58.0 Å². The summed E-state index contributed by atoms with van der Waals surface area (Å²) >= 11 is 0. The molecule has 1 aliphatic heterocycles. The summed E-state index contributed by atoms with van der Waals surface area (Å²) in [6.45, 7) is 6.87. The second-order valence-electron chi connectivity index (χ2n) is 7.73. The van der Waals surface area contributed by atoms with Gasteiger partial charge >= 0.3 is 6.03 Å². The smallest absolute Gasteiger partial charge is 0.318 e. The van der Waals surface area contributed by atoms with Gasteiger partial charge in [0.25, 0.3) is 0 Å². The Labute approximate surface area is 163 Å². The maximum absolute atomic E-state index is 13.2. The van der Waals surface area contributed by atoms with Gasteiger partial charge in [-0.15, -0.1) is 0 Å². The van der Waals surface area contributed by atoms with Gasteiger partial charge in [-0.1, -0.05) is 60.2 Å². The van der Waals surface area contributed by atoms with Crippen LogP contribution in [0.5, 0.6) is 0 Å². The first-order chi connectivity index (χ1) is 13.0. The van der Waals surface area contributed by atoms with Crippen molar-refractivity contribution in [2.75, 3.05) is 20.1 Å². The number of carbonyl (C=O) groups is 1. The lowest BCUT2D eigenvalue weighted by atomic mass is 10.0. The lowest BCUT2D eigenvalue weighted by molar-refractivity contribution is 0.125. The number of rotatable bonds is 5. The summed E-state index contributed by atoms with van der Waals surface area (Å²) in [6.07, 6.45) is 2.05. The second kappa shape index (κ2) is 9.05. The Morgan fingerprint density at radius 1 is 1.11 bits per heavy atom. The fourth-order valence-corrected chi connectivity index (χ4v) is 3.66. The standard InChI is InChI=1S/C23H31N3O/c1-18-9-11-20(12-10-18)17-26(22-13-15-25(3)16-14-22)23(27)24-19(2)21-7-5-4-6-8-21/h4-12,19,22H,13-17H2,1-3H3,(H,24,27). The van der Waals surface area contributed by atoms with Crippen LogP contribution in [-0.2, 0) is 6.54 Å². The van der Waals surface area contributed by atoms with Crippen molar-refractivity contribution in [2.45, 2.75) is 45.3 Å². The van der Waals surface area contributed by atoms with Crippen LogP contribution in [0.1, 0.15) is 42.5 Å². The maximum atomic E-state index is 13.2. The van der Waals surface area contributed by atoms with Crippen LogP contribution in [0.4, 0.5) is 4.79 Å². The lowest BCUT2D eigenvalue weighted by Gasteiger charge is -2.38. The number of carbonyl (C=O) groups excluding carboxylic acids is 1. The summed E-state index contributed by atoms with van der Waals surface area (Å²) in [7, 11) is 2.15. The van der Waals surface area contributed by atoms with Crippen LogP contribution in [0.25, 0.3) is 0 Å². The van der Waals surface area contributed by atoms with Gasteiger partial charge in [-0.2, -0.15) is 0 Å². The van der Waals surface area contributed by atoms with Crippen LogP contribution in [-0.4, -0.2) is 42.0 Å². The zero-order valence-corrected chi connectivity index (χ0v) is 16.7. The summed E-state index contributed by atoms with van der Waals surface area (Å²) in [5, 5.41) is 3.21. The van der Waals surface area contributed by atoms with Crippen molar-refractivity contribution < 1.29 is 4.79 Å². The third-order valence-electron chi connectivity index (χ3n) is 5.50. The second-order valence-corrected chi connectivity index (χ2v) is 7.73. The molecule has 0 aromatic heterocycles. The van der Waals surface area contributed by atoms with Gasteiger partial charge in [0.1, 0.15) is 0 Å². The number of urea groups is 1. The summed E-state index contributed by atoms with van der Waals surface area (Å²) in [6, 6.07) is 18.9. The highest BCUT2D eigenvalue weighted by atomic mass is 16.2. The Balaban J connectivity index is 1.73. The van der Waals surface area contributed by atoms with E-state index in [1.54, 1.807) is 0 Å². The van der Waals surface area contributed by atoms with Crippen molar-refractivity contribution in [2.24, 2.45) is 0 Å². The minimum Gasteiger partial charge on any atom is -0.331 e. The largest absolute Gasteiger partial charge is 0.331 e. The summed E-state index contributed by atoms with van der Waals surface area (Å²) in [5.74, 6) is 0. The molecule has 0 saturated carbocycles. The highest BCUT2D eigenvalue weighted by Gasteiger charge is 2.28. The normalized spacial score (nSPS) is 16.7. The Morgan fingerprint density at radius 3 is 2.37 bits per heavy atom. The average molecular weight is 366 g/mol. The fourth-order valence-electron chi connectivity index (χ4n) is 3.66. The minimum absolute atomic E-state index is 0.00881. The van der Waals surface area contributed by atoms with Crippen LogP contribution in [0.2, 0.25) is 0 Å². The quantitative estimate of drug-likeness (QED) is 0.854. The van der Waals surface area contributed by atoms with Crippen molar-refractivity contribution in [1.82, 2.24) is 15.1 Å². The fraction of sp³-hybridized carbons (Fsp3) is 0.435. The first-order valence-corrected chi connectivity index (χ1v) is 9.89. The van der Waals surface area contributed by atoms with Gasteiger partial charge in [-0.25, -0.2) is 4.79 Å². The van der Waals surface area contributed by atoms with Crippen LogP contribution < -0.4 is 5.32 Å². The first-order valence-electron chi connectivity index (χ1n) is 9.89. The van der Waals surface area contributed by atoms with E-state index in [4.69, 9.17) is 0 Å². The molecule has 2 amide bonds. The predicted octanol–water partition coefficient (Wildman–Crippen LogP) is 4.36. The Kier molecular flexibility index (Phi) is 6.51. The van der Waals surface area contributed by atoms with Gasteiger partial charge in [0.05, 0.1) is 6.04 Å². The average Bonchev–Trinajstić information content (AvgIpc) is 2.69. The molecule has 1 atom stereocenters. The van der Waals surface area contributed by atoms with Crippen LogP contribution >= 0.6 is 0 Å². The Bertz CT molecular complexity index is 721. The van der Waals surface area contributed by atoms with E-state index in [9.17, 15) is 4.79 Å². The maximum Gasteiger partial charge on any atom is 0.318 e. The molecule has 1 unspecified atom stereocenters. The summed E-state index contributed by atoms with van der Waals surface area (Å²) in [4.78, 5) is 17.6. The van der Waals surface area contributed by atoms with Crippen LogP contribution in [0.3, 0.4) is 0 Å². The van der Waals surface area contributed by atoms with E-state index in [0.717, 1.165) is 31.5 Å². The molecule has 1 fully saturated rings. The molecule has 0 radical (unpaired) electrons. The van der Waals surface area contributed by atoms with Gasteiger partial charge in [0, 0.05) is 12.6 Å². The third-order valence-corrected chi connectivity index (χ3v) is 5.50. The van der Waals surface area contributed by atoms with Crippen molar-refractivity contribution in [3.8, 4) is 0 Å². The van der Waals surface area contributed by atoms with Crippen LogP contribution in [0.15, 0.2) is 54.6 Å². The van der Waals surface area contributed by atoms with Gasteiger partial charge in [0.2, 0.25) is 0 Å².